The largest absolute Gasteiger partial charge is 0.507 e. The molecule has 0 aliphatic heterocycles. The molecule has 1 aromatic rings. The SMILES string of the molecule is Cc1cc(O)c2c(c1)C(=O)C(=O)CC2=O. The van der Waals surface area contributed by atoms with Gasteiger partial charge in [-0.1, -0.05) is 0 Å². The van der Waals surface area contributed by atoms with E-state index < -0.39 is 23.8 Å². The van der Waals surface area contributed by atoms with Crippen molar-refractivity contribution in [2.24, 2.45) is 0 Å². The van der Waals surface area contributed by atoms with Crippen LogP contribution >= 0.6 is 0 Å². The number of rotatable bonds is 0. The molecule has 4 nitrogen and oxygen atoms in total. The van der Waals surface area contributed by atoms with Gasteiger partial charge in [-0.25, -0.2) is 0 Å². The van der Waals surface area contributed by atoms with E-state index in [1.165, 1.54) is 12.1 Å². The molecule has 1 aromatic carbocycles. The molecule has 1 N–H and O–H groups in total. The summed E-state index contributed by atoms with van der Waals surface area (Å²) in [5.41, 5.74) is 0.640. The third-order valence-electron chi connectivity index (χ3n) is 2.36. The van der Waals surface area contributed by atoms with E-state index in [4.69, 9.17) is 0 Å². The maximum Gasteiger partial charge on any atom is 0.229 e. The second-order valence-corrected chi connectivity index (χ2v) is 3.56. The average molecular weight is 204 g/mol. The fourth-order valence-corrected chi connectivity index (χ4v) is 1.70. The molecule has 15 heavy (non-hydrogen) atoms. The van der Waals surface area contributed by atoms with Crippen molar-refractivity contribution >= 4 is 17.3 Å². The van der Waals surface area contributed by atoms with Gasteiger partial charge in [0.25, 0.3) is 0 Å². The van der Waals surface area contributed by atoms with E-state index in [0.29, 0.717) is 5.56 Å². The molecule has 76 valence electrons. The summed E-state index contributed by atoms with van der Waals surface area (Å²) < 4.78 is 0. The zero-order chi connectivity index (χ0) is 11.2. The highest BCUT2D eigenvalue weighted by Crippen LogP contribution is 2.28. The van der Waals surface area contributed by atoms with Crippen molar-refractivity contribution in [3.63, 3.8) is 0 Å². The van der Waals surface area contributed by atoms with Crippen molar-refractivity contribution < 1.29 is 19.5 Å². The van der Waals surface area contributed by atoms with E-state index in [0.717, 1.165) is 0 Å². The summed E-state index contributed by atoms with van der Waals surface area (Å²) >= 11 is 0. The molecule has 4 heteroatoms. The highest BCUT2D eigenvalue weighted by atomic mass is 16.3. The quantitative estimate of drug-likeness (QED) is 0.506. The summed E-state index contributed by atoms with van der Waals surface area (Å²) in [7, 11) is 0. The van der Waals surface area contributed by atoms with Gasteiger partial charge in [0.2, 0.25) is 11.6 Å². The van der Waals surface area contributed by atoms with Crippen LogP contribution in [-0.2, 0) is 4.79 Å². The summed E-state index contributed by atoms with van der Waals surface area (Å²) in [5, 5.41) is 9.53. The first-order chi connectivity index (χ1) is 7.00. The van der Waals surface area contributed by atoms with Crippen LogP contribution in [-0.4, -0.2) is 22.5 Å². The van der Waals surface area contributed by atoms with Crippen molar-refractivity contribution in [1.82, 2.24) is 0 Å². The van der Waals surface area contributed by atoms with Crippen molar-refractivity contribution in [1.29, 1.82) is 0 Å². The van der Waals surface area contributed by atoms with E-state index in [1.807, 2.05) is 0 Å². The van der Waals surface area contributed by atoms with Gasteiger partial charge in [0.1, 0.15) is 5.75 Å². The van der Waals surface area contributed by atoms with Gasteiger partial charge < -0.3 is 5.11 Å². The first kappa shape index (κ1) is 9.58. The molecule has 0 spiro atoms. The number of ketones is 3. The lowest BCUT2D eigenvalue weighted by atomic mass is 9.87. The summed E-state index contributed by atoms with van der Waals surface area (Å²) in [6.45, 7) is 1.68. The standard InChI is InChI=1S/C11H8O4/c1-5-2-6-10(7(12)3-5)8(13)4-9(14)11(6)15/h2-3,12H,4H2,1H3. The summed E-state index contributed by atoms with van der Waals surface area (Å²) in [5.74, 6) is -2.12. The van der Waals surface area contributed by atoms with E-state index in [1.54, 1.807) is 6.92 Å². The fraction of sp³-hybridized carbons (Fsp3) is 0.182. The molecule has 1 aliphatic carbocycles. The molecule has 0 unspecified atom stereocenters. The van der Waals surface area contributed by atoms with E-state index in [9.17, 15) is 19.5 Å². The van der Waals surface area contributed by atoms with Crippen LogP contribution < -0.4 is 0 Å². The van der Waals surface area contributed by atoms with Crippen LogP contribution in [0.15, 0.2) is 12.1 Å². The molecule has 0 saturated carbocycles. The third-order valence-corrected chi connectivity index (χ3v) is 2.36. The Kier molecular flexibility index (Phi) is 1.93. The second kappa shape index (κ2) is 3.02. The number of carbonyl (C=O) groups excluding carboxylic acids is 3. The fourth-order valence-electron chi connectivity index (χ4n) is 1.70. The zero-order valence-corrected chi connectivity index (χ0v) is 8.03. The van der Waals surface area contributed by atoms with Crippen molar-refractivity contribution in [3.8, 4) is 5.75 Å². The van der Waals surface area contributed by atoms with Crippen LogP contribution in [0.5, 0.6) is 5.75 Å². The van der Waals surface area contributed by atoms with Crippen LogP contribution in [0.4, 0.5) is 0 Å². The van der Waals surface area contributed by atoms with Gasteiger partial charge >= 0.3 is 0 Å². The van der Waals surface area contributed by atoms with Gasteiger partial charge in [0.05, 0.1) is 12.0 Å². The highest BCUT2D eigenvalue weighted by Gasteiger charge is 2.32. The molecule has 0 radical (unpaired) electrons. The van der Waals surface area contributed by atoms with Gasteiger partial charge in [-0.3, -0.25) is 14.4 Å². The van der Waals surface area contributed by atoms with Crippen molar-refractivity contribution in [2.45, 2.75) is 13.3 Å². The minimum atomic E-state index is -0.711. The van der Waals surface area contributed by atoms with Crippen LogP contribution in [0.25, 0.3) is 0 Å². The number of aryl methyl sites for hydroxylation is 1. The number of benzene rings is 1. The lowest BCUT2D eigenvalue weighted by Gasteiger charge is -2.14. The van der Waals surface area contributed by atoms with Gasteiger partial charge in [0.15, 0.2) is 5.78 Å². The second-order valence-electron chi connectivity index (χ2n) is 3.56. The van der Waals surface area contributed by atoms with Gasteiger partial charge in [0, 0.05) is 5.56 Å². The number of carbonyl (C=O) groups is 3. The maximum absolute atomic E-state index is 11.5. The minimum absolute atomic E-state index is 0.0220. The number of hydrogen-bond donors (Lipinski definition) is 1. The average Bonchev–Trinajstić information content (AvgIpc) is 2.12. The Bertz CT molecular complexity index is 500. The van der Waals surface area contributed by atoms with Crippen LogP contribution in [0, 0.1) is 6.92 Å². The first-order valence-corrected chi connectivity index (χ1v) is 4.45. The maximum atomic E-state index is 11.5. The minimum Gasteiger partial charge on any atom is -0.507 e. The number of Topliss-reactive ketones (excluding diaryl/α,β-unsaturated/α-hetero) is 3. The molecule has 1 aliphatic rings. The monoisotopic (exact) mass is 204 g/mol. The molecule has 2 rings (SSSR count). The predicted molar refractivity (Wildman–Crippen MR) is 51.1 cm³/mol. The van der Waals surface area contributed by atoms with E-state index in [2.05, 4.69) is 0 Å². The number of aromatic hydroxyl groups is 1. The zero-order valence-electron chi connectivity index (χ0n) is 8.03. The molecule has 0 fully saturated rings. The molecule has 0 heterocycles. The normalized spacial score (nSPS) is 15.4. The molecule has 0 amide bonds. The Morgan fingerprint density at radius 3 is 2.47 bits per heavy atom. The lowest BCUT2D eigenvalue weighted by Crippen LogP contribution is -2.27. The van der Waals surface area contributed by atoms with E-state index in [-0.39, 0.29) is 16.9 Å². The Morgan fingerprint density at radius 2 is 1.80 bits per heavy atom. The Hall–Kier alpha value is -1.97. The number of hydrogen-bond acceptors (Lipinski definition) is 4. The number of phenols is 1. The molecule has 0 aromatic heterocycles. The number of fused-ring (bicyclic) bond motifs is 1. The Labute approximate surface area is 85.5 Å². The third kappa shape index (κ3) is 1.34. The Balaban J connectivity index is 2.76. The topological polar surface area (TPSA) is 71.4 Å². The van der Waals surface area contributed by atoms with Crippen molar-refractivity contribution in [3.05, 3.63) is 28.8 Å². The molecule has 0 bridgehead atoms. The molecular weight excluding hydrogens is 196 g/mol. The van der Waals surface area contributed by atoms with E-state index >= 15 is 0 Å². The van der Waals surface area contributed by atoms with Crippen LogP contribution in [0.1, 0.15) is 32.7 Å². The van der Waals surface area contributed by atoms with Crippen molar-refractivity contribution in [2.75, 3.05) is 0 Å². The van der Waals surface area contributed by atoms with Crippen LogP contribution in [0.3, 0.4) is 0 Å². The number of phenolic OH excluding ortho intramolecular Hbond substituents is 1. The smallest absolute Gasteiger partial charge is 0.229 e. The van der Waals surface area contributed by atoms with Gasteiger partial charge in [-0.2, -0.15) is 0 Å². The predicted octanol–water partition coefficient (Wildman–Crippen LogP) is 1.04. The Morgan fingerprint density at radius 1 is 1.13 bits per heavy atom. The first-order valence-electron chi connectivity index (χ1n) is 4.45. The highest BCUT2D eigenvalue weighted by molar-refractivity contribution is 6.51. The van der Waals surface area contributed by atoms with Gasteiger partial charge in [-0.15, -0.1) is 0 Å². The summed E-state index contributed by atoms with van der Waals surface area (Å²) in [4.78, 5) is 34.0. The van der Waals surface area contributed by atoms with Gasteiger partial charge in [-0.05, 0) is 24.6 Å². The lowest BCUT2D eigenvalue weighted by molar-refractivity contribution is -0.114. The molecule has 0 saturated heterocycles. The van der Waals surface area contributed by atoms with Crippen LogP contribution in [0.2, 0.25) is 0 Å². The molecule has 0 atom stereocenters. The molecular formula is C11H8O4. The summed E-state index contributed by atoms with van der Waals surface area (Å²) in [6.07, 6.45) is -0.442. The summed E-state index contributed by atoms with van der Waals surface area (Å²) in [6, 6.07) is 2.85.